The van der Waals surface area contributed by atoms with Crippen molar-refractivity contribution < 1.29 is 4.79 Å². The first kappa shape index (κ1) is 15.9. The minimum absolute atomic E-state index is 0.197. The standard InChI is InChI=1S/C19H25N3O/c1-3-18(23)22(16-8-5-4-6-9-16)17-10-14-21(15-11-17)19(2)12-7-13-20-19/h4-9,12-13,17H,3,10-11,14-15H2,1-2H3. The van der Waals surface area contributed by atoms with Crippen molar-refractivity contribution >= 4 is 17.8 Å². The molecule has 2 aliphatic rings. The topological polar surface area (TPSA) is 35.9 Å². The Morgan fingerprint density at radius 1 is 1.30 bits per heavy atom. The van der Waals surface area contributed by atoms with Gasteiger partial charge in [-0.1, -0.05) is 25.1 Å². The van der Waals surface area contributed by atoms with Crippen LogP contribution in [0.5, 0.6) is 0 Å². The Morgan fingerprint density at radius 3 is 2.57 bits per heavy atom. The molecular weight excluding hydrogens is 286 g/mol. The van der Waals surface area contributed by atoms with Gasteiger partial charge in [0.1, 0.15) is 5.66 Å². The lowest BCUT2D eigenvalue weighted by Gasteiger charge is -2.43. The molecule has 0 bridgehead atoms. The van der Waals surface area contributed by atoms with E-state index in [9.17, 15) is 4.79 Å². The number of nitrogens with zero attached hydrogens (tertiary/aromatic N) is 3. The summed E-state index contributed by atoms with van der Waals surface area (Å²) in [7, 11) is 0. The highest BCUT2D eigenvalue weighted by molar-refractivity contribution is 5.93. The zero-order valence-electron chi connectivity index (χ0n) is 14.0. The number of amides is 1. The molecule has 1 atom stereocenters. The van der Waals surface area contributed by atoms with E-state index in [-0.39, 0.29) is 17.6 Å². The average Bonchev–Trinajstić information content (AvgIpc) is 3.04. The Morgan fingerprint density at radius 2 is 2.00 bits per heavy atom. The highest BCUT2D eigenvalue weighted by Gasteiger charge is 2.35. The van der Waals surface area contributed by atoms with E-state index in [0.717, 1.165) is 31.6 Å². The van der Waals surface area contributed by atoms with E-state index in [1.807, 2.05) is 54.4 Å². The van der Waals surface area contributed by atoms with Gasteiger partial charge in [-0.2, -0.15) is 0 Å². The summed E-state index contributed by atoms with van der Waals surface area (Å²) in [6, 6.07) is 10.3. The van der Waals surface area contributed by atoms with E-state index in [1.54, 1.807) is 0 Å². The van der Waals surface area contributed by atoms with E-state index in [0.29, 0.717) is 6.42 Å². The van der Waals surface area contributed by atoms with Crippen LogP contribution in [0.4, 0.5) is 5.69 Å². The molecule has 1 amide bonds. The quantitative estimate of drug-likeness (QED) is 0.856. The van der Waals surface area contributed by atoms with Crippen LogP contribution in [-0.4, -0.2) is 41.8 Å². The number of likely N-dealkylation sites (tertiary alicyclic amines) is 1. The number of aliphatic imine (C=N–C) groups is 1. The fourth-order valence-corrected chi connectivity index (χ4v) is 3.54. The molecule has 3 rings (SSSR count). The lowest BCUT2D eigenvalue weighted by atomic mass is 9.98. The van der Waals surface area contributed by atoms with Gasteiger partial charge in [-0.15, -0.1) is 0 Å². The lowest BCUT2D eigenvalue weighted by Crippen LogP contribution is -2.52. The van der Waals surface area contributed by atoms with E-state index >= 15 is 0 Å². The van der Waals surface area contributed by atoms with Crippen molar-refractivity contribution in [1.82, 2.24) is 4.90 Å². The SMILES string of the molecule is CCC(=O)N(c1ccccc1)C1CCN(C2(C)C=CC=N2)CC1. The summed E-state index contributed by atoms with van der Waals surface area (Å²) in [6.07, 6.45) is 8.56. The number of carbonyl (C=O) groups excluding carboxylic acids is 1. The van der Waals surface area contributed by atoms with E-state index in [2.05, 4.69) is 22.9 Å². The van der Waals surface area contributed by atoms with Crippen molar-refractivity contribution in [3.8, 4) is 0 Å². The zero-order valence-corrected chi connectivity index (χ0v) is 14.0. The molecular formula is C19H25N3O. The Kier molecular flexibility index (Phi) is 4.62. The minimum Gasteiger partial charge on any atom is -0.309 e. The fourth-order valence-electron chi connectivity index (χ4n) is 3.54. The summed E-state index contributed by atoms with van der Waals surface area (Å²) < 4.78 is 0. The molecule has 1 unspecified atom stereocenters. The Hall–Kier alpha value is -1.94. The number of carbonyl (C=O) groups is 1. The molecule has 122 valence electrons. The Balaban J connectivity index is 1.72. The Labute approximate surface area is 138 Å². The predicted molar refractivity (Wildman–Crippen MR) is 94.9 cm³/mol. The van der Waals surface area contributed by atoms with Crippen molar-refractivity contribution in [3.05, 3.63) is 42.5 Å². The third kappa shape index (κ3) is 3.22. The molecule has 23 heavy (non-hydrogen) atoms. The van der Waals surface area contributed by atoms with Crippen molar-refractivity contribution in [2.24, 2.45) is 4.99 Å². The largest absolute Gasteiger partial charge is 0.309 e. The molecule has 2 aliphatic heterocycles. The van der Waals surface area contributed by atoms with Crippen LogP contribution in [0.3, 0.4) is 0 Å². The molecule has 4 nitrogen and oxygen atoms in total. The molecule has 0 radical (unpaired) electrons. The maximum absolute atomic E-state index is 12.5. The van der Waals surface area contributed by atoms with Crippen molar-refractivity contribution in [3.63, 3.8) is 0 Å². The number of hydrogen-bond donors (Lipinski definition) is 0. The van der Waals surface area contributed by atoms with E-state index in [1.165, 1.54) is 0 Å². The van der Waals surface area contributed by atoms with Crippen LogP contribution in [0, 0.1) is 0 Å². The van der Waals surface area contributed by atoms with Crippen LogP contribution in [0.1, 0.15) is 33.1 Å². The number of allylic oxidation sites excluding steroid dienone is 1. The smallest absolute Gasteiger partial charge is 0.226 e. The highest BCUT2D eigenvalue weighted by Crippen LogP contribution is 2.29. The second-order valence-corrected chi connectivity index (χ2v) is 6.40. The van der Waals surface area contributed by atoms with Crippen LogP contribution in [0.15, 0.2) is 47.5 Å². The summed E-state index contributed by atoms with van der Waals surface area (Å²) in [5, 5.41) is 0. The van der Waals surface area contributed by atoms with Crippen LogP contribution in [-0.2, 0) is 4.79 Å². The summed E-state index contributed by atoms with van der Waals surface area (Å²) in [5.41, 5.74) is 0.819. The Bertz CT molecular complexity index is 588. The molecule has 0 spiro atoms. The first-order valence-corrected chi connectivity index (χ1v) is 8.49. The van der Waals surface area contributed by atoms with E-state index in [4.69, 9.17) is 0 Å². The first-order chi connectivity index (χ1) is 11.1. The number of piperidine rings is 1. The van der Waals surface area contributed by atoms with Gasteiger partial charge in [0.05, 0.1) is 0 Å². The molecule has 0 aromatic heterocycles. The summed E-state index contributed by atoms with van der Waals surface area (Å²) in [4.78, 5) is 21.5. The monoisotopic (exact) mass is 311 g/mol. The molecule has 2 heterocycles. The van der Waals surface area contributed by atoms with E-state index < -0.39 is 0 Å². The van der Waals surface area contributed by atoms with Crippen LogP contribution in [0.25, 0.3) is 0 Å². The van der Waals surface area contributed by atoms with Crippen LogP contribution < -0.4 is 4.90 Å². The van der Waals surface area contributed by atoms with Gasteiger partial charge < -0.3 is 4.90 Å². The average molecular weight is 311 g/mol. The summed E-state index contributed by atoms with van der Waals surface area (Å²) in [6.45, 7) is 6.01. The van der Waals surface area contributed by atoms with Gasteiger partial charge in [-0.25, -0.2) is 0 Å². The number of hydrogen-bond acceptors (Lipinski definition) is 3. The third-order valence-electron chi connectivity index (χ3n) is 4.91. The minimum atomic E-state index is -0.197. The van der Waals surface area contributed by atoms with Gasteiger partial charge in [0.15, 0.2) is 0 Å². The van der Waals surface area contributed by atoms with Gasteiger partial charge >= 0.3 is 0 Å². The summed E-state index contributed by atoms with van der Waals surface area (Å²) in [5.74, 6) is 0.208. The molecule has 1 aromatic rings. The fraction of sp³-hybridized carbons (Fsp3) is 0.474. The molecule has 4 heteroatoms. The van der Waals surface area contributed by atoms with Gasteiger partial charge in [0, 0.05) is 37.5 Å². The lowest BCUT2D eigenvalue weighted by molar-refractivity contribution is -0.119. The zero-order chi connectivity index (χ0) is 16.3. The van der Waals surface area contributed by atoms with Gasteiger partial charge in [0.2, 0.25) is 5.91 Å². The molecule has 1 saturated heterocycles. The van der Waals surface area contributed by atoms with Crippen molar-refractivity contribution in [1.29, 1.82) is 0 Å². The van der Waals surface area contributed by atoms with Crippen molar-refractivity contribution in [2.75, 3.05) is 18.0 Å². The van der Waals surface area contributed by atoms with Gasteiger partial charge in [-0.05, 0) is 44.1 Å². The predicted octanol–water partition coefficient (Wildman–Crippen LogP) is 3.25. The second-order valence-electron chi connectivity index (χ2n) is 6.40. The molecule has 0 N–H and O–H groups in total. The van der Waals surface area contributed by atoms with Crippen LogP contribution >= 0.6 is 0 Å². The maximum Gasteiger partial charge on any atom is 0.226 e. The first-order valence-electron chi connectivity index (χ1n) is 8.49. The molecule has 1 aromatic carbocycles. The van der Waals surface area contributed by atoms with Gasteiger partial charge in [0.25, 0.3) is 0 Å². The molecule has 1 fully saturated rings. The number of para-hydroxylation sites is 1. The second kappa shape index (κ2) is 6.67. The summed E-state index contributed by atoms with van der Waals surface area (Å²) >= 11 is 0. The number of anilines is 1. The van der Waals surface area contributed by atoms with Crippen molar-refractivity contribution in [2.45, 2.75) is 44.8 Å². The molecule has 0 aliphatic carbocycles. The highest BCUT2D eigenvalue weighted by atomic mass is 16.2. The van der Waals surface area contributed by atoms with Gasteiger partial charge in [-0.3, -0.25) is 14.7 Å². The normalized spacial score (nSPS) is 25.0. The van der Waals surface area contributed by atoms with Crippen LogP contribution in [0.2, 0.25) is 0 Å². The maximum atomic E-state index is 12.5. The molecule has 0 saturated carbocycles. The third-order valence-corrected chi connectivity index (χ3v) is 4.91. The number of benzene rings is 1. The number of rotatable bonds is 4.